The number of hydrogen-bond acceptors (Lipinski definition) is 3. The van der Waals surface area contributed by atoms with Gasteiger partial charge in [-0.3, -0.25) is 4.99 Å². The molecule has 0 radical (unpaired) electrons. The molecule has 1 aliphatic rings. The lowest BCUT2D eigenvalue weighted by molar-refractivity contribution is -0.00255. The molecule has 0 saturated carbocycles. The summed E-state index contributed by atoms with van der Waals surface area (Å²) in [6, 6.07) is 8.00. The number of aliphatic imine (C=N–C) groups is 1. The van der Waals surface area contributed by atoms with E-state index in [1.54, 1.807) is 0 Å². The molecule has 6 heteroatoms. The van der Waals surface area contributed by atoms with Crippen molar-refractivity contribution >= 4 is 17.6 Å². The molecule has 2 N–H and O–H groups in total. The zero-order valence-corrected chi connectivity index (χ0v) is 16.6. The number of benzene rings is 1. The topological polar surface area (TPSA) is 48.9 Å². The number of halogens is 1. The van der Waals surface area contributed by atoms with Crippen LogP contribution in [0.15, 0.2) is 29.3 Å². The van der Waals surface area contributed by atoms with E-state index in [9.17, 15) is 0 Å². The lowest BCUT2D eigenvalue weighted by atomic mass is 9.89. The van der Waals surface area contributed by atoms with Crippen molar-refractivity contribution in [1.82, 2.24) is 15.5 Å². The first-order chi connectivity index (χ1) is 12.0. The van der Waals surface area contributed by atoms with E-state index in [0.29, 0.717) is 0 Å². The zero-order chi connectivity index (χ0) is 18.3. The fourth-order valence-electron chi connectivity index (χ4n) is 3.15. The molecule has 0 aromatic heterocycles. The number of nitrogens with zero attached hydrogens (tertiary/aromatic N) is 2. The number of rotatable bonds is 6. The molecule has 1 saturated heterocycles. The summed E-state index contributed by atoms with van der Waals surface area (Å²) < 4.78 is 5.54. The Morgan fingerprint density at radius 1 is 1.32 bits per heavy atom. The Bertz CT molecular complexity index is 570. The molecule has 1 aliphatic heterocycles. The van der Waals surface area contributed by atoms with E-state index in [4.69, 9.17) is 21.3 Å². The van der Waals surface area contributed by atoms with Gasteiger partial charge in [0.15, 0.2) is 5.96 Å². The van der Waals surface area contributed by atoms with Gasteiger partial charge in [0.2, 0.25) is 0 Å². The largest absolute Gasteiger partial charge is 0.381 e. The molecule has 1 unspecified atom stereocenters. The van der Waals surface area contributed by atoms with E-state index in [-0.39, 0.29) is 11.6 Å². The molecular formula is C19H31ClN4O. The van der Waals surface area contributed by atoms with Crippen molar-refractivity contribution in [3.05, 3.63) is 34.9 Å². The van der Waals surface area contributed by atoms with Gasteiger partial charge >= 0.3 is 0 Å². The average Bonchev–Trinajstić information content (AvgIpc) is 2.61. The van der Waals surface area contributed by atoms with E-state index >= 15 is 0 Å². The van der Waals surface area contributed by atoms with E-state index < -0.39 is 0 Å². The van der Waals surface area contributed by atoms with Crippen molar-refractivity contribution < 1.29 is 4.74 Å². The lowest BCUT2D eigenvalue weighted by Gasteiger charge is -2.41. The maximum absolute atomic E-state index is 6.32. The van der Waals surface area contributed by atoms with Crippen LogP contribution in [0.2, 0.25) is 5.02 Å². The molecular weight excluding hydrogens is 336 g/mol. The van der Waals surface area contributed by atoms with Gasteiger partial charge in [-0.25, -0.2) is 0 Å². The smallest absolute Gasteiger partial charge is 0.191 e. The predicted octanol–water partition coefficient (Wildman–Crippen LogP) is 3.07. The zero-order valence-electron chi connectivity index (χ0n) is 15.8. The summed E-state index contributed by atoms with van der Waals surface area (Å²) in [4.78, 5) is 7.17. The molecule has 0 spiro atoms. The maximum atomic E-state index is 6.32. The van der Waals surface area contributed by atoms with Crippen molar-refractivity contribution in [2.75, 3.05) is 40.4 Å². The van der Waals surface area contributed by atoms with Crippen molar-refractivity contribution in [2.24, 2.45) is 4.99 Å². The van der Waals surface area contributed by atoms with Crippen LogP contribution in [-0.4, -0.2) is 56.8 Å². The second-order valence-electron chi connectivity index (χ2n) is 6.81. The molecule has 0 bridgehead atoms. The van der Waals surface area contributed by atoms with Crippen LogP contribution in [0.25, 0.3) is 0 Å². The fraction of sp³-hybridized carbons (Fsp3) is 0.632. The lowest BCUT2D eigenvalue weighted by Crippen LogP contribution is -2.51. The maximum Gasteiger partial charge on any atom is 0.191 e. The molecule has 0 amide bonds. The van der Waals surface area contributed by atoms with Crippen LogP contribution >= 0.6 is 11.6 Å². The molecule has 2 rings (SSSR count). The number of ether oxygens (including phenoxy) is 1. The number of nitrogens with one attached hydrogen (secondary N) is 2. The van der Waals surface area contributed by atoms with Gasteiger partial charge in [-0.1, -0.05) is 29.8 Å². The van der Waals surface area contributed by atoms with E-state index in [0.717, 1.165) is 55.7 Å². The highest BCUT2D eigenvalue weighted by Gasteiger charge is 2.34. The highest BCUT2D eigenvalue weighted by Crippen LogP contribution is 2.26. The summed E-state index contributed by atoms with van der Waals surface area (Å²) in [7, 11) is 4.26. The van der Waals surface area contributed by atoms with Crippen LogP contribution in [0, 0.1) is 0 Å². The predicted molar refractivity (Wildman–Crippen MR) is 105 cm³/mol. The summed E-state index contributed by atoms with van der Waals surface area (Å²) in [6.45, 7) is 7.34. The normalized spacial score (nSPS) is 18.9. The monoisotopic (exact) mass is 366 g/mol. The standard InChI is InChI=1S/C19H31ClN4O/c1-5-21-18(23-15(2)16-8-6-7-9-17(16)20)22-14-19(24(3)4)10-12-25-13-11-19/h6-9,15H,5,10-14H2,1-4H3,(H2,21,22,23). The molecule has 5 nitrogen and oxygen atoms in total. The van der Waals surface area contributed by atoms with Crippen molar-refractivity contribution in [2.45, 2.75) is 38.3 Å². The van der Waals surface area contributed by atoms with Gasteiger partial charge in [-0.2, -0.15) is 0 Å². The highest BCUT2D eigenvalue weighted by molar-refractivity contribution is 6.31. The van der Waals surface area contributed by atoms with Crippen LogP contribution in [-0.2, 0) is 4.74 Å². The van der Waals surface area contributed by atoms with E-state index in [1.165, 1.54) is 0 Å². The van der Waals surface area contributed by atoms with Crippen LogP contribution < -0.4 is 10.6 Å². The fourth-order valence-corrected chi connectivity index (χ4v) is 3.45. The minimum atomic E-state index is 0.0637. The van der Waals surface area contributed by atoms with Gasteiger partial charge in [-0.05, 0) is 52.4 Å². The van der Waals surface area contributed by atoms with Gasteiger partial charge in [0, 0.05) is 30.3 Å². The molecule has 25 heavy (non-hydrogen) atoms. The minimum absolute atomic E-state index is 0.0637. The van der Waals surface area contributed by atoms with Crippen LogP contribution in [0.4, 0.5) is 0 Å². The van der Waals surface area contributed by atoms with Gasteiger partial charge < -0.3 is 20.3 Å². The Morgan fingerprint density at radius 2 is 2.00 bits per heavy atom. The van der Waals surface area contributed by atoms with Crippen LogP contribution in [0.5, 0.6) is 0 Å². The Hall–Kier alpha value is -1.30. The van der Waals surface area contributed by atoms with Gasteiger partial charge in [0.05, 0.1) is 12.6 Å². The van der Waals surface area contributed by atoms with E-state index in [1.807, 2.05) is 24.3 Å². The van der Waals surface area contributed by atoms with Crippen molar-refractivity contribution in [3.63, 3.8) is 0 Å². The van der Waals surface area contributed by atoms with Gasteiger partial charge in [-0.15, -0.1) is 0 Å². The summed E-state index contributed by atoms with van der Waals surface area (Å²) in [5, 5.41) is 7.59. The number of guanidine groups is 1. The number of likely N-dealkylation sites (N-methyl/N-ethyl adjacent to an activating group) is 1. The van der Waals surface area contributed by atoms with Crippen LogP contribution in [0.3, 0.4) is 0 Å². The van der Waals surface area contributed by atoms with Crippen LogP contribution in [0.1, 0.15) is 38.3 Å². The summed E-state index contributed by atoms with van der Waals surface area (Å²) >= 11 is 6.32. The molecule has 0 aliphatic carbocycles. The summed E-state index contributed by atoms with van der Waals surface area (Å²) in [5.74, 6) is 0.822. The third-order valence-corrected chi connectivity index (χ3v) is 5.32. The second kappa shape index (κ2) is 9.41. The molecule has 1 atom stereocenters. The van der Waals surface area contributed by atoms with E-state index in [2.05, 4.69) is 43.5 Å². The Labute approximate surface area is 156 Å². The third-order valence-electron chi connectivity index (χ3n) is 4.97. The third kappa shape index (κ3) is 5.33. The molecule has 1 fully saturated rings. The Morgan fingerprint density at radius 3 is 2.60 bits per heavy atom. The highest BCUT2D eigenvalue weighted by atomic mass is 35.5. The SMILES string of the molecule is CCNC(=NCC1(N(C)C)CCOCC1)NC(C)c1ccccc1Cl. The summed E-state index contributed by atoms with van der Waals surface area (Å²) in [5.41, 5.74) is 1.14. The van der Waals surface area contributed by atoms with Crippen molar-refractivity contribution in [3.8, 4) is 0 Å². The molecule has 1 aromatic rings. The van der Waals surface area contributed by atoms with Gasteiger partial charge in [0.25, 0.3) is 0 Å². The van der Waals surface area contributed by atoms with Gasteiger partial charge in [0.1, 0.15) is 0 Å². The second-order valence-corrected chi connectivity index (χ2v) is 7.22. The molecule has 1 aromatic carbocycles. The molecule has 1 heterocycles. The average molecular weight is 367 g/mol. The molecule has 140 valence electrons. The number of hydrogen-bond donors (Lipinski definition) is 2. The van der Waals surface area contributed by atoms with Crippen molar-refractivity contribution in [1.29, 1.82) is 0 Å². The minimum Gasteiger partial charge on any atom is -0.381 e. The Balaban J connectivity index is 2.10. The summed E-state index contributed by atoms with van der Waals surface area (Å²) in [6.07, 6.45) is 2.01. The first kappa shape index (κ1) is 20.0. The first-order valence-corrected chi connectivity index (χ1v) is 9.41. The quantitative estimate of drug-likeness (QED) is 0.600. The first-order valence-electron chi connectivity index (χ1n) is 9.03. The Kier molecular flexibility index (Phi) is 7.54.